The van der Waals surface area contributed by atoms with Gasteiger partial charge in [0.05, 0.1) is 5.69 Å². The van der Waals surface area contributed by atoms with E-state index >= 15 is 0 Å². The highest BCUT2D eigenvalue weighted by Crippen LogP contribution is 2.34. The van der Waals surface area contributed by atoms with E-state index in [0.29, 0.717) is 17.0 Å². The summed E-state index contributed by atoms with van der Waals surface area (Å²) in [6.07, 6.45) is 2.12. The van der Waals surface area contributed by atoms with Gasteiger partial charge >= 0.3 is 0 Å². The van der Waals surface area contributed by atoms with Crippen molar-refractivity contribution in [2.75, 3.05) is 18.4 Å². The summed E-state index contributed by atoms with van der Waals surface area (Å²) in [5.41, 5.74) is 0.279. The number of amides is 2. The maximum atomic E-state index is 12.3. The molecule has 1 fully saturated rings. The minimum atomic E-state index is -0.881. The van der Waals surface area contributed by atoms with Crippen LogP contribution in [0.2, 0.25) is 0 Å². The van der Waals surface area contributed by atoms with E-state index in [1.165, 1.54) is 0 Å². The number of hydrogen-bond acceptors (Lipinski definition) is 3. The van der Waals surface area contributed by atoms with Gasteiger partial charge in [-0.15, -0.1) is 0 Å². The molecule has 0 aliphatic carbocycles. The number of nitrogens with zero attached hydrogens (tertiary/aromatic N) is 1. The molecule has 5 heteroatoms. The number of ether oxygens (including phenoxy) is 1. The highest BCUT2D eigenvalue weighted by Gasteiger charge is 2.35. The minimum absolute atomic E-state index is 0.0179. The summed E-state index contributed by atoms with van der Waals surface area (Å²) in [5.74, 6) is 0.424. The highest BCUT2D eigenvalue weighted by atomic mass is 16.5. The van der Waals surface area contributed by atoms with Gasteiger partial charge in [-0.2, -0.15) is 0 Å². The second-order valence-corrected chi connectivity index (χ2v) is 5.78. The monoisotopic (exact) mass is 274 g/mol. The van der Waals surface area contributed by atoms with Crippen molar-refractivity contribution in [3.05, 3.63) is 23.8 Å². The van der Waals surface area contributed by atoms with Crippen LogP contribution in [0.3, 0.4) is 0 Å². The first-order chi connectivity index (χ1) is 9.47. The molecule has 1 N–H and O–H groups in total. The first kappa shape index (κ1) is 13.0. The smallest absolute Gasteiger partial charge is 0.268 e. The predicted molar refractivity (Wildman–Crippen MR) is 74.9 cm³/mol. The number of anilines is 1. The van der Waals surface area contributed by atoms with E-state index in [4.69, 9.17) is 4.74 Å². The Balaban J connectivity index is 1.88. The van der Waals surface area contributed by atoms with E-state index in [9.17, 15) is 9.59 Å². The first-order valence-electron chi connectivity index (χ1n) is 6.91. The third-order valence-electron chi connectivity index (χ3n) is 3.78. The average Bonchev–Trinajstić information content (AvgIpc) is 2.92. The quantitative estimate of drug-likeness (QED) is 0.852. The molecule has 2 amide bonds. The summed E-state index contributed by atoms with van der Waals surface area (Å²) in [5, 5.41) is 2.80. The van der Waals surface area contributed by atoms with Crippen LogP contribution in [0.25, 0.3) is 0 Å². The lowest BCUT2D eigenvalue weighted by atomic mass is 10.0. The maximum Gasteiger partial charge on any atom is 0.268 e. The van der Waals surface area contributed by atoms with Crippen molar-refractivity contribution in [2.45, 2.75) is 32.3 Å². The van der Waals surface area contributed by atoms with Crippen LogP contribution in [-0.4, -0.2) is 35.4 Å². The molecule has 0 atom stereocenters. The number of nitrogens with one attached hydrogen (secondary N) is 1. The van der Waals surface area contributed by atoms with Gasteiger partial charge in [0.1, 0.15) is 5.75 Å². The van der Waals surface area contributed by atoms with E-state index in [1.54, 1.807) is 32.0 Å². The Kier molecular flexibility index (Phi) is 2.92. The van der Waals surface area contributed by atoms with E-state index < -0.39 is 5.60 Å². The summed E-state index contributed by atoms with van der Waals surface area (Å²) < 4.78 is 5.65. The number of rotatable bonds is 1. The van der Waals surface area contributed by atoms with Crippen LogP contribution in [0.1, 0.15) is 37.0 Å². The molecule has 0 saturated carbocycles. The number of hydrogen-bond donors (Lipinski definition) is 1. The topological polar surface area (TPSA) is 58.6 Å². The Hall–Kier alpha value is -2.04. The normalized spacial score (nSPS) is 20.1. The van der Waals surface area contributed by atoms with Crippen molar-refractivity contribution in [2.24, 2.45) is 0 Å². The van der Waals surface area contributed by atoms with E-state index in [0.717, 1.165) is 25.9 Å². The van der Waals surface area contributed by atoms with Crippen molar-refractivity contribution < 1.29 is 14.3 Å². The average molecular weight is 274 g/mol. The Morgan fingerprint density at radius 2 is 2.00 bits per heavy atom. The summed E-state index contributed by atoms with van der Waals surface area (Å²) in [6.45, 7) is 5.06. The van der Waals surface area contributed by atoms with Crippen LogP contribution in [0.4, 0.5) is 5.69 Å². The lowest BCUT2D eigenvalue weighted by molar-refractivity contribution is -0.129. The number of likely N-dealkylation sites (tertiary alicyclic amines) is 1. The Morgan fingerprint density at radius 1 is 1.30 bits per heavy atom. The molecule has 0 spiro atoms. The fourth-order valence-electron chi connectivity index (χ4n) is 2.55. The van der Waals surface area contributed by atoms with Crippen molar-refractivity contribution in [3.63, 3.8) is 0 Å². The first-order valence-corrected chi connectivity index (χ1v) is 6.91. The van der Waals surface area contributed by atoms with Crippen LogP contribution in [0.15, 0.2) is 18.2 Å². The summed E-state index contributed by atoms with van der Waals surface area (Å²) in [4.78, 5) is 26.0. The van der Waals surface area contributed by atoms with Gasteiger partial charge in [0, 0.05) is 18.7 Å². The second kappa shape index (κ2) is 4.51. The zero-order valence-corrected chi connectivity index (χ0v) is 11.7. The molecule has 0 unspecified atom stereocenters. The number of fused-ring (bicyclic) bond motifs is 1. The fourth-order valence-corrected chi connectivity index (χ4v) is 2.55. The molecular formula is C15H18N2O3. The van der Waals surface area contributed by atoms with Crippen molar-refractivity contribution >= 4 is 17.5 Å². The lowest BCUT2D eigenvalue weighted by Crippen LogP contribution is -2.45. The predicted octanol–water partition coefficient (Wildman–Crippen LogP) is 2.03. The highest BCUT2D eigenvalue weighted by molar-refractivity contribution is 6.02. The molecule has 2 heterocycles. The Labute approximate surface area is 117 Å². The summed E-state index contributed by atoms with van der Waals surface area (Å²) in [7, 11) is 0. The number of carbonyl (C=O) groups is 2. The molecule has 20 heavy (non-hydrogen) atoms. The van der Waals surface area contributed by atoms with Crippen LogP contribution in [-0.2, 0) is 4.79 Å². The van der Waals surface area contributed by atoms with Gasteiger partial charge < -0.3 is 15.0 Å². The van der Waals surface area contributed by atoms with Crippen LogP contribution < -0.4 is 10.1 Å². The van der Waals surface area contributed by atoms with Gasteiger partial charge in [-0.05, 0) is 44.9 Å². The van der Waals surface area contributed by atoms with Crippen molar-refractivity contribution in [1.82, 2.24) is 4.90 Å². The lowest BCUT2D eigenvalue weighted by Gasteiger charge is -2.31. The number of benzene rings is 1. The van der Waals surface area contributed by atoms with Gasteiger partial charge in [-0.25, -0.2) is 0 Å². The maximum absolute atomic E-state index is 12.3. The molecule has 1 aromatic carbocycles. The van der Waals surface area contributed by atoms with E-state index in [1.807, 2.05) is 4.90 Å². The Morgan fingerprint density at radius 3 is 2.70 bits per heavy atom. The molecule has 2 aliphatic heterocycles. The van der Waals surface area contributed by atoms with Crippen molar-refractivity contribution in [3.8, 4) is 5.75 Å². The zero-order valence-electron chi connectivity index (χ0n) is 11.7. The molecule has 2 aliphatic rings. The standard InChI is InChI=1S/C15H18N2O3/c1-15(2)14(19)16-11-9-10(5-6-12(11)20-15)13(18)17-7-3-4-8-17/h5-6,9H,3-4,7-8H2,1-2H3,(H,16,19). The van der Waals surface area contributed by atoms with Gasteiger partial charge in [0.15, 0.2) is 5.60 Å². The minimum Gasteiger partial charge on any atom is -0.476 e. The van der Waals surface area contributed by atoms with Crippen molar-refractivity contribution in [1.29, 1.82) is 0 Å². The molecule has 0 radical (unpaired) electrons. The third kappa shape index (κ3) is 2.13. The molecule has 3 rings (SSSR count). The van der Waals surface area contributed by atoms with E-state index in [-0.39, 0.29) is 11.8 Å². The zero-order chi connectivity index (χ0) is 14.3. The SMILES string of the molecule is CC1(C)Oc2ccc(C(=O)N3CCCC3)cc2NC1=O. The van der Waals surface area contributed by atoms with Gasteiger partial charge in [0.25, 0.3) is 11.8 Å². The van der Waals surface area contributed by atoms with Crippen LogP contribution in [0.5, 0.6) is 5.75 Å². The van der Waals surface area contributed by atoms with E-state index in [2.05, 4.69) is 5.32 Å². The van der Waals surface area contributed by atoms with Gasteiger partial charge in [0.2, 0.25) is 0 Å². The number of carbonyl (C=O) groups excluding carboxylic acids is 2. The van der Waals surface area contributed by atoms with Crippen LogP contribution >= 0.6 is 0 Å². The molecule has 0 aromatic heterocycles. The molecule has 1 saturated heterocycles. The molecule has 0 bridgehead atoms. The molecular weight excluding hydrogens is 256 g/mol. The molecule has 5 nitrogen and oxygen atoms in total. The van der Waals surface area contributed by atoms with Crippen LogP contribution in [0, 0.1) is 0 Å². The summed E-state index contributed by atoms with van der Waals surface area (Å²) in [6, 6.07) is 5.20. The van der Waals surface area contributed by atoms with Gasteiger partial charge in [-0.1, -0.05) is 0 Å². The molecule has 1 aromatic rings. The largest absolute Gasteiger partial charge is 0.476 e. The Bertz CT molecular complexity index is 574. The third-order valence-corrected chi connectivity index (χ3v) is 3.78. The second-order valence-electron chi connectivity index (χ2n) is 5.78. The fraction of sp³-hybridized carbons (Fsp3) is 0.467. The summed E-state index contributed by atoms with van der Waals surface area (Å²) >= 11 is 0. The van der Waals surface area contributed by atoms with Gasteiger partial charge in [-0.3, -0.25) is 9.59 Å². The molecule has 106 valence electrons.